The molecule has 0 aliphatic carbocycles. The van der Waals surface area contributed by atoms with Crippen LogP contribution in [0, 0.1) is 6.07 Å². The first-order chi connectivity index (χ1) is 7.91. The van der Waals surface area contributed by atoms with E-state index in [4.69, 9.17) is 4.43 Å². The van der Waals surface area contributed by atoms with Crippen LogP contribution in [-0.4, -0.2) is 31.4 Å². The Morgan fingerprint density at radius 3 is 1.58 bits per heavy atom. The van der Waals surface area contributed by atoms with Gasteiger partial charge in [-0.15, -0.1) is 12.1 Å². The van der Waals surface area contributed by atoms with E-state index < -0.39 is 8.32 Å². The molecule has 0 saturated carbocycles. The van der Waals surface area contributed by atoms with Crippen molar-refractivity contribution in [3.63, 3.8) is 0 Å². The van der Waals surface area contributed by atoms with E-state index in [1.807, 2.05) is 24.3 Å². The molecule has 104 valence electrons. The van der Waals surface area contributed by atoms with Gasteiger partial charge in [-0.25, -0.2) is 0 Å². The van der Waals surface area contributed by atoms with Crippen LogP contribution in [0.25, 0.3) is 0 Å². The number of benzene rings is 1. The van der Waals surface area contributed by atoms with E-state index in [2.05, 4.69) is 47.6 Å². The minimum absolute atomic E-state index is 0. The molecule has 1 aromatic carbocycles. The monoisotopic (exact) mass is 308 g/mol. The van der Waals surface area contributed by atoms with Crippen LogP contribution >= 0.6 is 0 Å². The summed E-state index contributed by atoms with van der Waals surface area (Å²) in [6, 6.07) is 10.9. The summed E-state index contributed by atoms with van der Waals surface area (Å²) in [6.07, 6.45) is 0. The second kappa shape index (κ2) is 9.27. The first kappa shape index (κ1) is 21.6. The predicted octanol–water partition coefficient (Wildman–Crippen LogP) is 1.66. The predicted molar refractivity (Wildman–Crippen MR) is 82.7 cm³/mol. The van der Waals surface area contributed by atoms with Crippen LogP contribution in [-0.2, 0) is 0 Å². The van der Waals surface area contributed by atoms with Gasteiger partial charge in [0.1, 0.15) is 0 Å². The van der Waals surface area contributed by atoms with E-state index in [0.29, 0.717) is 16.6 Å². The van der Waals surface area contributed by atoms with Crippen LogP contribution in [0.4, 0.5) is 0 Å². The SMILES string of the molecule is CC(C)[Si](Oc1cc[c-]cc1)(C(C)C)C(C)C.[Cl-].[Mg+2]. The first-order valence-corrected chi connectivity index (χ1v) is 8.70. The van der Waals surface area contributed by atoms with E-state index in [9.17, 15) is 0 Å². The Morgan fingerprint density at radius 1 is 0.895 bits per heavy atom. The molecule has 0 bridgehead atoms. The van der Waals surface area contributed by atoms with Gasteiger partial charge in [0, 0.05) is 0 Å². The number of hydrogen-bond acceptors (Lipinski definition) is 1. The molecule has 4 heteroatoms. The Hall–Kier alpha value is 0.293. The van der Waals surface area contributed by atoms with Crippen molar-refractivity contribution in [3.8, 4) is 5.75 Å². The number of rotatable bonds is 5. The molecule has 0 N–H and O–H groups in total. The summed E-state index contributed by atoms with van der Waals surface area (Å²) in [6.45, 7) is 13.8. The van der Waals surface area contributed by atoms with Gasteiger partial charge < -0.3 is 16.8 Å². The van der Waals surface area contributed by atoms with E-state index in [0.717, 1.165) is 5.75 Å². The summed E-state index contributed by atoms with van der Waals surface area (Å²) < 4.78 is 6.51. The van der Waals surface area contributed by atoms with Crippen molar-refractivity contribution >= 4 is 31.4 Å². The minimum atomic E-state index is -1.78. The van der Waals surface area contributed by atoms with Crippen molar-refractivity contribution in [1.29, 1.82) is 0 Å². The summed E-state index contributed by atoms with van der Waals surface area (Å²) in [5, 5.41) is 0. The van der Waals surface area contributed by atoms with Crippen LogP contribution in [0.15, 0.2) is 24.3 Å². The molecular weight excluding hydrogens is 284 g/mol. The molecule has 1 aromatic rings. The van der Waals surface area contributed by atoms with Crippen LogP contribution in [0.5, 0.6) is 5.75 Å². The quantitative estimate of drug-likeness (QED) is 0.594. The zero-order valence-corrected chi connectivity index (χ0v) is 16.2. The van der Waals surface area contributed by atoms with Gasteiger partial charge in [-0.2, -0.15) is 18.2 Å². The largest absolute Gasteiger partial charge is 2.00 e. The molecule has 0 fully saturated rings. The third-order valence-corrected chi connectivity index (χ3v) is 9.69. The molecule has 0 aliphatic rings. The molecule has 0 unspecified atom stereocenters. The normalized spacial score (nSPS) is 11.2. The molecule has 0 atom stereocenters. The Labute approximate surface area is 142 Å². The molecule has 1 nitrogen and oxygen atoms in total. The molecule has 19 heavy (non-hydrogen) atoms. The summed E-state index contributed by atoms with van der Waals surface area (Å²) in [5.74, 6) is 1.01. The van der Waals surface area contributed by atoms with Crippen molar-refractivity contribution in [2.75, 3.05) is 0 Å². The van der Waals surface area contributed by atoms with Crippen LogP contribution in [0.1, 0.15) is 41.5 Å². The van der Waals surface area contributed by atoms with Crippen molar-refractivity contribution < 1.29 is 16.8 Å². The van der Waals surface area contributed by atoms with Gasteiger partial charge >= 0.3 is 23.1 Å². The van der Waals surface area contributed by atoms with Gasteiger partial charge in [0.05, 0.1) is 0 Å². The van der Waals surface area contributed by atoms with E-state index in [1.54, 1.807) is 0 Å². The zero-order chi connectivity index (χ0) is 13.1. The number of halogens is 1. The van der Waals surface area contributed by atoms with Gasteiger partial charge in [-0.1, -0.05) is 41.5 Å². The van der Waals surface area contributed by atoms with Crippen LogP contribution in [0.2, 0.25) is 16.6 Å². The van der Waals surface area contributed by atoms with Gasteiger partial charge in [-0.05, 0) is 22.4 Å². The van der Waals surface area contributed by atoms with E-state index >= 15 is 0 Å². The maximum Gasteiger partial charge on any atom is 2.00 e. The van der Waals surface area contributed by atoms with Crippen molar-refractivity contribution in [1.82, 2.24) is 0 Å². The smallest absolute Gasteiger partial charge is 1.00 e. The molecule has 0 aromatic heterocycles. The van der Waals surface area contributed by atoms with Crippen molar-refractivity contribution in [2.45, 2.75) is 58.2 Å². The van der Waals surface area contributed by atoms with Gasteiger partial charge in [-0.3, -0.25) is 0 Å². The standard InChI is InChI=1S/C15H25OSi.ClH.Mg/c1-12(2)17(13(3)4,14(5)6)16-15-10-8-7-9-11-15;;/h8-14H,1-6H3;1H;/q-1;;+2/p-1. The number of hydrogen-bond donors (Lipinski definition) is 0. The van der Waals surface area contributed by atoms with Crippen molar-refractivity contribution in [2.24, 2.45) is 0 Å². The fraction of sp³-hybridized carbons (Fsp3) is 0.600. The Balaban J connectivity index is 0. The second-order valence-electron chi connectivity index (χ2n) is 5.66. The van der Waals surface area contributed by atoms with Gasteiger partial charge in [0.25, 0.3) is 8.32 Å². The van der Waals surface area contributed by atoms with Crippen LogP contribution in [0.3, 0.4) is 0 Å². The Kier molecular flexibility index (Phi) is 10.5. The Morgan fingerprint density at radius 2 is 1.26 bits per heavy atom. The average Bonchev–Trinajstić information content (AvgIpc) is 2.25. The molecule has 0 amide bonds. The molecule has 0 saturated heterocycles. The summed E-state index contributed by atoms with van der Waals surface area (Å²) in [4.78, 5) is 0. The third-order valence-electron chi connectivity index (χ3n) is 3.69. The fourth-order valence-corrected chi connectivity index (χ4v) is 8.25. The molecule has 1 rings (SSSR count). The van der Waals surface area contributed by atoms with E-state index in [-0.39, 0.29) is 35.5 Å². The van der Waals surface area contributed by atoms with Crippen molar-refractivity contribution in [3.05, 3.63) is 30.3 Å². The van der Waals surface area contributed by atoms with Gasteiger partial charge in [0.15, 0.2) is 0 Å². The fourth-order valence-electron chi connectivity index (χ4n) is 3.00. The summed E-state index contributed by atoms with van der Waals surface area (Å²) >= 11 is 0. The molecule has 0 radical (unpaired) electrons. The zero-order valence-electron chi connectivity index (χ0n) is 13.0. The Bertz CT molecular complexity index is 319. The van der Waals surface area contributed by atoms with E-state index in [1.165, 1.54) is 0 Å². The molecular formula is C15H25ClMgOSi. The molecule has 0 aliphatic heterocycles. The summed E-state index contributed by atoms with van der Waals surface area (Å²) in [7, 11) is -1.78. The second-order valence-corrected chi connectivity index (χ2v) is 11.0. The summed E-state index contributed by atoms with van der Waals surface area (Å²) in [5.41, 5.74) is 1.85. The minimum Gasteiger partial charge on any atom is -1.00 e. The maximum atomic E-state index is 6.51. The van der Waals surface area contributed by atoms with Crippen LogP contribution < -0.4 is 16.8 Å². The van der Waals surface area contributed by atoms with Gasteiger partial charge in [0.2, 0.25) is 0 Å². The average molecular weight is 309 g/mol. The topological polar surface area (TPSA) is 9.23 Å². The molecule has 0 heterocycles. The molecule has 0 spiro atoms. The first-order valence-electron chi connectivity index (χ1n) is 6.56. The maximum absolute atomic E-state index is 6.51. The third kappa shape index (κ3) is 4.96.